The number of nitrogens with one attached hydrogen (secondary N) is 2. The van der Waals surface area contributed by atoms with Crippen LogP contribution in [0.3, 0.4) is 0 Å². The Kier molecular flexibility index (Phi) is 8.29. The molecule has 1 amide bonds. The summed E-state index contributed by atoms with van der Waals surface area (Å²) in [6, 6.07) is 0.400. The zero-order valence-corrected chi connectivity index (χ0v) is 18.2. The predicted molar refractivity (Wildman–Crippen MR) is 118 cm³/mol. The third kappa shape index (κ3) is 6.92. The summed E-state index contributed by atoms with van der Waals surface area (Å²) in [4.78, 5) is 21.5. The Labute approximate surface area is 168 Å². The summed E-state index contributed by atoms with van der Waals surface area (Å²) in [6.45, 7) is 12.5. The van der Waals surface area contributed by atoms with Gasteiger partial charge in [0.1, 0.15) is 5.25 Å². The third-order valence-corrected chi connectivity index (χ3v) is 6.17. The number of nitrogens with zero attached hydrogens (tertiary/aromatic N) is 2. The van der Waals surface area contributed by atoms with Crippen LogP contribution in [0.1, 0.15) is 60.3 Å². The van der Waals surface area contributed by atoms with Gasteiger partial charge in [0.2, 0.25) is 0 Å². The second-order valence-corrected chi connectivity index (χ2v) is 9.26. The highest BCUT2D eigenvalue weighted by atomic mass is 32.2. The summed E-state index contributed by atoms with van der Waals surface area (Å²) in [5, 5.41) is 7.32. The molecule has 2 aliphatic heterocycles. The second kappa shape index (κ2) is 10.2. The monoisotopic (exact) mass is 390 g/mol. The van der Waals surface area contributed by atoms with E-state index in [1.54, 1.807) is 11.8 Å². The van der Waals surface area contributed by atoms with Gasteiger partial charge < -0.3 is 10.6 Å². The number of allylic oxidation sites excluding steroid dienone is 2. The predicted octanol–water partition coefficient (Wildman–Crippen LogP) is 4.07. The fourth-order valence-corrected chi connectivity index (χ4v) is 4.16. The first-order valence-corrected chi connectivity index (χ1v) is 10.9. The lowest BCUT2D eigenvalue weighted by molar-refractivity contribution is -0.116. The van der Waals surface area contributed by atoms with E-state index in [1.807, 2.05) is 19.2 Å². The summed E-state index contributed by atoms with van der Waals surface area (Å²) in [7, 11) is 0. The number of hydrogen-bond donors (Lipinski definition) is 2. The number of piperidine rings is 1. The Morgan fingerprint density at radius 3 is 2.67 bits per heavy atom. The fourth-order valence-electron chi connectivity index (χ4n) is 2.98. The molecule has 5 nitrogen and oxygen atoms in total. The lowest BCUT2D eigenvalue weighted by Crippen LogP contribution is -2.31. The molecule has 150 valence electrons. The summed E-state index contributed by atoms with van der Waals surface area (Å²) in [6.07, 6.45) is 10.3. The molecule has 0 bridgehead atoms. The van der Waals surface area contributed by atoms with Crippen molar-refractivity contribution in [3.63, 3.8) is 0 Å². The Morgan fingerprint density at radius 2 is 2.07 bits per heavy atom. The van der Waals surface area contributed by atoms with Crippen LogP contribution in [0, 0.1) is 5.41 Å². The molecule has 6 heteroatoms. The molecule has 0 spiro atoms. The Morgan fingerprint density at radius 1 is 1.37 bits per heavy atom. The van der Waals surface area contributed by atoms with Crippen LogP contribution in [0.25, 0.3) is 0 Å². The van der Waals surface area contributed by atoms with Gasteiger partial charge in [0, 0.05) is 11.6 Å². The van der Waals surface area contributed by atoms with Crippen LogP contribution in [-0.2, 0) is 4.79 Å². The maximum atomic E-state index is 12.5. The first-order valence-electron chi connectivity index (χ1n) is 9.99. The van der Waals surface area contributed by atoms with Gasteiger partial charge in [-0.05, 0) is 50.9 Å². The quantitative estimate of drug-likeness (QED) is 0.407. The molecule has 0 aliphatic carbocycles. The molecule has 1 fully saturated rings. The van der Waals surface area contributed by atoms with Gasteiger partial charge in [-0.1, -0.05) is 52.0 Å². The highest BCUT2D eigenvalue weighted by Gasteiger charge is 2.35. The number of unbranched alkanes of at least 4 members (excludes halogenated alkanes) is 1. The average molecular weight is 391 g/mol. The Bertz CT molecular complexity index is 637. The van der Waals surface area contributed by atoms with Crippen LogP contribution in [0.15, 0.2) is 33.9 Å². The van der Waals surface area contributed by atoms with Gasteiger partial charge in [-0.3, -0.25) is 9.79 Å². The molecule has 0 radical (unpaired) electrons. The Balaban J connectivity index is 2.01. The van der Waals surface area contributed by atoms with Crippen molar-refractivity contribution in [2.45, 2.75) is 71.6 Å². The SMILES string of the molecule is CCC/C=C(/C=C\NC(C)=NC1CCNCC1)C1SC(C(C)(C)C)=NC1=O. The van der Waals surface area contributed by atoms with Gasteiger partial charge >= 0.3 is 0 Å². The number of hydrogen-bond acceptors (Lipinski definition) is 4. The smallest absolute Gasteiger partial charge is 0.264 e. The molecule has 2 aliphatic rings. The van der Waals surface area contributed by atoms with E-state index < -0.39 is 0 Å². The van der Waals surface area contributed by atoms with Crippen molar-refractivity contribution in [3.05, 3.63) is 23.9 Å². The lowest BCUT2D eigenvalue weighted by Gasteiger charge is -2.19. The van der Waals surface area contributed by atoms with Gasteiger partial charge in [0.15, 0.2) is 0 Å². The molecule has 1 saturated heterocycles. The number of aliphatic imine (C=N–C) groups is 2. The highest BCUT2D eigenvalue weighted by Crippen LogP contribution is 2.37. The van der Waals surface area contributed by atoms with Crippen molar-refractivity contribution in [2.75, 3.05) is 13.1 Å². The average Bonchev–Trinajstić information content (AvgIpc) is 3.01. The highest BCUT2D eigenvalue weighted by molar-refractivity contribution is 8.15. The molecule has 0 aromatic rings. The minimum absolute atomic E-state index is 0.0444. The molecule has 1 atom stereocenters. The van der Waals surface area contributed by atoms with Crippen LogP contribution < -0.4 is 10.6 Å². The van der Waals surface area contributed by atoms with E-state index in [0.29, 0.717) is 6.04 Å². The molecule has 1 unspecified atom stereocenters. The minimum Gasteiger partial charge on any atom is -0.351 e. The number of thioether (sulfide) groups is 1. The number of rotatable bonds is 6. The van der Waals surface area contributed by atoms with Crippen molar-refractivity contribution < 1.29 is 4.79 Å². The van der Waals surface area contributed by atoms with Crippen molar-refractivity contribution in [1.82, 2.24) is 10.6 Å². The Hall–Kier alpha value is -1.40. The van der Waals surface area contributed by atoms with Crippen molar-refractivity contribution >= 4 is 28.5 Å². The van der Waals surface area contributed by atoms with Gasteiger partial charge in [-0.15, -0.1) is 0 Å². The number of carbonyl (C=O) groups excluding carboxylic acids is 1. The van der Waals surface area contributed by atoms with E-state index in [4.69, 9.17) is 4.99 Å². The van der Waals surface area contributed by atoms with E-state index in [9.17, 15) is 4.79 Å². The lowest BCUT2D eigenvalue weighted by atomic mass is 9.99. The molecule has 2 heterocycles. The van der Waals surface area contributed by atoms with E-state index in [1.165, 1.54) is 0 Å². The van der Waals surface area contributed by atoms with E-state index in [0.717, 1.165) is 55.2 Å². The normalized spacial score (nSPS) is 23.2. The zero-order chi connectivity index (χ0) is 19.9. The molecule has 2 N–H and O–H groups in total. The van der Waals surface area contributed by atoms with Crippen molar-refractivity contribution in [3.8, 4) is 0 Å². The summed E-state index contributed by atoms with van der Waals surface area (Å²) < 4.78 is 0. The van der Waals surface area contributed by atoms with Crippen LogP contribution in [0.2, 0.25) is 0 Å². The maximum absolute atomic E-state index is 12.5. The molecular formula is C21H34N4OS. The van der Waals surface area contributed by atoms with Gasteiger partial charge in [0.25, 0.3) is 5.91 Å². The number of amidine groups is 1. The van der Waals surface area contributed by atoms with Gasteiger partial charge in [-0.2, -0.15) is 0 Å². The first-order chi connectivity index (χ1) is 12.8. The number of amides is 1. The van der Waals surface area contributed by atoms with Crippen LogP contribution >= 0.6 is 11.8 Å². The summed E-state index contributed by atoms with van der Waals surface area (Å²) in [5.41, 5.74) is 0.933. The van der Waals surface area contributed by atoms with E-state index in [2.05, 4.69) is 49.4 Å². The topological polar surface area (TPSA) is 65.8 Å². The van der Waals surface area contributed by atoms with Crippen LogP contribution in [0.5, 0.6) is 0 Å². The molecule has 2 rings (SSSR count). The molecule has 27 heavy (non-hydrogen) atoms. The maximum Gasteiger partial charge on any atom is 0.264 e. The molecule has 0 saturated carbocycles. The largest absolute Gasteiger partial charge is 0.351 e. The fraction of sp³-hybridized carbons (Fsp3) is 0.667. The van der Waals surface area contributed by atoms with Gasteiger partial charge in [0.05, 0.1) is 16.9 Å². The van der Waals surface area contributed by atoms with Crippen molar-refractivity contribution in [2.24, 2.45) is 15.4 Å². The first kappa shape index (κ1) is 21.9. The summed E-state index contributed by atoms with van der Waals surface area (Å²) >= 11 is 1.59. The van der Waals surface area contributed by atoms with E-state index >= 15 is 0 Å². The van der Waals surface area contributed by atoms with Crippen molar-refractivity contribution in [1.29, 1.82) is 0 Å². The van der Waals surface area contributed by atoms with Gasteiger partial charge in [-0.25, -0.2) is 4.99 Å². The van der Waals surface area contributed by atoms with E-state index in [-0.39, 0.29) is 16.6 Å². The number of carbonyl (C=O) groups is 1. The van der Waals surface area contributed by atoms with Crippen LogP contribution in [-0.4, -0.2) is 41.2 Å². The zero-order valence-electron chi connectivity index (χ0n) is 17.3. The standard InChI is InChI=1S/C21H34N4OS/c1-6-7-8-16(18-19(26)25-20(27-18)21(3,4)5)9-14-23-15(2)24-17-10-12-22-13-11-17/h8-9,14,17-18,22H,6-7,10-13H2,1-5H3,(H,23,24)/b14-9-,16-8-. The second-order valence-electron chi connectivity index (χ2n) is 8.17. The molecule has 0 aromatic carbocycles. The molecule has 0 aromatic heterocycles. The third-order valence-electron chi connectivity index (χ3n) is 4.53. The molecular weight excluding hydrogens is 356 g/mol. The minimum atomic E-state index is -0.231. The van der Waals surface area contributed by atoms with Crippen LogP contribution in [0.4, 0.5) is 0 Å². The summed E-state index contributed by atoms with van der Waals surface area (Å²) in [5.74, 6) is 0.877.